The number of hydrogen-bond donors (Lipinski definition) is 2. The molecule has 2 aromatic rings. The van der Waals surface area contributed by atoms with E-state index in [-0.39, 0.29) is 17.9 Å². The number of amides is 1. The summed E-state index contributed by atoms with van der Waals surface area (Å²) in [4.78, 5) is 16.1. The number of hydrogen-bond acceptors (Lipinski definition) is 3. The molecule has 0 radical (unpaired) electrons. The van der Waals surface area contributed by atoms with E-state index in [1.54, 1.807) is 12.5 Å². The fraction of sp³-hybridized carbons (Fsp3) is 0.375. The Labute approximate surface area is 124 Å². The van der Waals surface area contributed by atoms with Crippen molar-refractivity contribution in [3.63, 3.8) is 0 Å². The van der Waals surface area contributed by atoms with E-state index >= 15 is 0 Å². The Morgan fingerprint density at radius 3 is 2.95 bits per heavy atom. The average Bonchev–Trinajstić information content (AvgIpc) is 3.05. The third-order valence-corrected chi connectivity index (χ3v) is 4.01. The summed E-state index contributed by atoms with van der Waals surface area (Å²) in [5.41, 5.74) is 10.0. The first-order chi connectivity index (χ1) is 10.1. The molecule has 0 bridgehead atoms. The van der Waals surface area contributed by atoms with Gasteiger partial charge in [0.1, 0.15) is 6.04 Å². The van der Waals surface area contributed by atoms with Crippen LogP contribution in [0.5, 0.6) is 0 Å². The van der Waals surface area contributed by atoms with Crippen LogP contribution in [0.15, 0.2) is 30.7 Å². The molecule has 3 N–H and O–H groups in total. The van der Waals surface area contributed by atoms with Crippen molar-refractivity contribution in [2.24, 2.45) is 11.7 Å². The highest BCUT2D eigenvalue weighted by Crippen LogP contribution is 2.36. The number of imidazole rings is 1. The second-order valence-electron chi connectivity index (χ2n) is 5.79. The molecule has 1 amide bonds. The molecule has 110 valence electrons. The molecule has 1 aromatic heterocycles. The molecular weight excluding hydrogens is 264 g/mol. The van der Waals surface area contributed by atoms with Crippen LogP contribution in [0.25, 0.3) is 11.3 Å². The minimum absolute atomic E-state index is 0.111. The van der Waals surface area contributed by atoms with Gasteiger partial charge in [0.2, 0.25) is 5.91 Å². The van der Waals surface area contributed by atoms with Gasteiger partial charge in [0, 0.05) is 17.8 Å². The molecule has 21 heavy (non-hydrogen) atoms. The van der Waals surface area contributed by atoms with Crippen molar-refractivity contribution in [3.05, 3.63) is 36.3 Å². The number of rotatable bonds is 4. The summed E-state index contributed by atoms with van der Waals surface area (Å²) in [6.45, 7) is 4.93. The van der Waals surface area contributed by atoms with Crippen molar-refractivity contribution in [2.75, 3.05) is 11.9 Å². The Morgan fingerprint density at radius 1 is 1.43 bits per heavy atom. The maximum Gasteiger partial charge on any atom is 0.240 e. The van der Waals surface area contributed by atoms with Crippen molar-refractivity contribution < 1.29 is 4.79 Å². The number of benzene rings is 1. The predicted octanol–water partition coefficient (Wildman–Crippen LogP) is 2.20. The number of primary amides is 1. The SMILES string of the molecule is CC(C)C(C(N)=O)n1cncc1-c1cccc2c1NCC2. The highest BCUT2D eigenvalue weighted by Gasteiger charge is 2.25. The normalized spacial score (nSPS) is 14.8. The van der Waals surface area contributed by atoms with Gasteiger partial charge >= 0.3 is 0 Å². The van der Waals surface area contributed by atoms with Crippen LogP contribution in [0, 0.1) is 5.92 Å². The van der Waals surface area contributed by atoms with E-state index in [0.717, 1.165) is 29.9 Å². The molecule has 5 nitrogen and oxygen atoms in total. The number of nitrogens with zero attached hydrogens (tertiary/aromatic N) is 2. The van der Waals surface area contributed by atoms with E-state index in [1.165, 1.54) is 5.56 Å². The smallest absolute Gasteiger partial charge is 0.240 e. The van der Waals surface area contributed by atoms with Gasteiger partial charge in [0.15, 0.2) is 0 Å². The number of fused-ring (bicyclic) bond motifs is 1. The molecule has 1 aliphatic rings. The van der Waals surface area contributed by atoms with Crippen LogP contribution in [0.2, 0.25) is 0 Å². The number of nitrogens with one attached hydrogen (secondary N) is 1. The molecule has 0 spiro atoms. The molecule has 0 aliphatic carbocycles. The molecule has 1 atom stereocenters. The molecule has 5 heteroatoms. The lowest BCUT2D eigenvalue weighted by atomic mass is 10.0. The number of anilines is 1. The average molecular weight is 284 g/mol. The van der Waals surface area contributed by atoms with Crippen LogP contribution < -0.4 is 11.1 Å². The van der Waals surface area contributed by atoms with Gasteiger partial charge in [-0.15, -0.1) is 0 Å². The Morgan fingerprint density at radius 2 is 2.24 bits per heavy atom. The monoisotopic (exact) mass is 284 g/mol. The van der Waals surface area contributed by atoms with Gasteiger partial charge in [-0.2, -0.15) is 0 Å². The lowest BCUT2D eigenvalue weighted by Crippen LogP contribution is -2.30. The third-order valence-electron chi connectivity index (χ3n) is 4.01. The molecule has 1 aromatic carbocycles. The number of aromatic nitrogens is 2. The Kier molecular flexibility index (Phi) is 3.41. The summed E-state index contributed by atoms with van der Waals surface area (Å²) >= 11 is 0. The van der Waals surface area contributed by atoms with E-state index in [1.807, 2.05) is 24.5 Å². The lowest BCUT2D eigenvalue weighted by Gasteiger charge is -2.22. The zero-order valence-corrected chi connectivity index (χ0v) is 12.3. The number of carbonyl (C=O) groups excluding carboxylic acids is 1. The molecule has 0 saturated heterocycles. The molecule has 0 fully saturated rings. The summed E-state index contributed by atoms with van der Waals surface area (Å²) in [5.74, 6) is -0.218. The van der Waals surface area contributed by atoms with Gasteiger partial charge < -0.3 is 15.6 Å². The second kappa shape index (κ2) is 5.24. The Hall–Kier alpha value is -2.30. The highest BCUT2D eigenvalue weighted by molar-refractivity contribution is 5.83. The summed E-state index contributed by atoms with van der Waals surface area (Å²) in [6.07, 6.45) is 4.52. The van der Waals surface area contributed by atoms with Crippen molar-refractivity contribution in [1.29, 1.82) is 0 Å². The molecular formula is C16H20N4O. The second-order valence-corrected chi connectivity index (χ2v) is 5.79. The molecule has 1 unspecified atom stereocenters. The van der Waals surface area contributed by atoms with Crippen LogP contribution in [0.4, 0.5) is 5.69 Å². The maximum atomic E-state index is 11.8. The Balaban J connectivity index is 2.12. The van der Waals surface area contributed by atoms with Crippen molar-refractivity contribution in [1.82, 2.24) is 9.55 Å². The zero-order chi connectivity index (χ0) is 15.0. The van der Waals surface area contributed by atoms with Gasteiger partial charge in [0.05, 0.1) is 18.2 Å². The van der Waals surface area contributed by atoms with E-state index < -0.39 is 0 Å². The molecule has 1 aliphatic heterocycles. The van der Waals surface area contributed by atoms with E-state index in [9.17, 15) is 4.79 Å². The van der Waals surface area contributed by atoms with Crippen LogP contribution in [-0.4, -0.2) is 22.0 Å². The highest BCUT2D eigenvalue weighted by atomic mass is 16.1. The molecule has 3 rings (SSSR count). The largest absolute Gasteiger partial charge is 0.384 e. The van der Waals surface area contributed by atoms with Gasteiger partial charge in [-0.3, -0.25) is 4.79 Å². The van der Waals surface area contributed by atoms with Crippen LogP contribution in [0.3, 0.4) is 0 Å². The first-order valence-corrected chi connectivity index (χ1v) is 7.27. The van der Waals surface area contributed by atoms with Gasteiger partial charge in [-0.05, 0) is 17.9 Å². The number of nitrogens with two attached hydrogens (primary N) is 1. The standard InChI is InChI=1S/C16H20N4O/c1-10(2)15(16(17)21)20-9-18-8-13(20)12-5-3-4-11-6-7-19-14(11)12/h3-5,8-10,15,19H,6-7H2,1-2H3,(H2,17,21). The van der Waals surface area contributed by atoms with E-state index in [0.29, 0.717) is 0 Å². The molecule has 0 saturated carbocycles. The first-order valence-electron chi connectivity index (χ1n) is 7.27. The number of carbonyl (C=O) groups is 1. The summed E-state index contributed by atoms with van der Waals surface area (Å²) < 4.78 is 1.89. The molecule has 2 heterocycles. The van der Waals surface area contributed by atoms with E-state index in [4.69, 9.17) is 5.73 Å². The van der Waals surface area contributed by atoms with Crippen LogP contribution in [0.1, 0.15) is 25.5 Å². The summed E-state index contributed by atoms with van der Waals surface area (Å²) in [7, 11) is 0. The zero-order valence-electron chi connectivity index (χ0n) is 12.3. The van der Waals surface area contributed by atoms with Crippen LogP contribution >= 0.6 is 0 Å². The van der Waals surface area contributed by atoms with Crippen molar-refractivity contribution >= 4 is 11.6 Å². The van der Waals surface area contributed by atoms with Crippen molar-refractivity contribution in [3.8, 4) is 11.3 Å². The van der Waals surface area contributed by atoms with Gasteiger partial charge in [-0.1, -0.05) is 32.0 Å². The summed E-state index contributed by atoms with van der Waals surface area (Å²) in [5, 5.41) is 3.42. The lowest BCUT2D eigenvalue weighted by molar-refractivity contribution is -0.122. The minimum atomic E-state index is -0.389. The first kappa shape index (κ1) is 13.7. The number of para-hydroxylation sites is 1. The van der Waals surface area contributed by atoms with E-state index in [2.05, 4.69) is 22.4 Å². The summed E-state index contributed by atoms with van der Waals surface area (Å²) in [6, 6.07) is 5.85. The van der Waals surface area contributed by atoms with Gasteiger partial charge in [-0.25, -0.2) is 4.98 Å². The topological polar surface area (TPSA) is 72.9 Å². The fourth-order valence-electron chi connectivity index (χ4n) is 3.07. The van der Waals surface area contributed by atoms with Crippen LogP contribution in [-0.2, 0) is 11.2 Å². The maximum absolute atomic E-state index is 11.8. The quantitative estimate of drug-likeness (QED) is 0.904. The third kappa shape index (κ3) is 2.28. The predicted molar refractivity (Wildman–Crippen MR) is 82.9 cm³/mol. The minimum Gasteiger partial charge on any atom is -0.384 e. The van der Waals surface area contributed by atoms with Crippen molar-refractivity contribution in [2.45, 2.75) is 26.3 Å². The fourth-order valence-corrected chi connectivity index (χ4v) is 3.07. The van der Waals surface area contributed by atoms with Gasteiger partial charge in [0.25, 0.3) is 0 Å². The Bertz CT molecular complexity index is 675.